The minimum atomic E-state index is -0.224. The molecule has 0 aliphatic heterocycles. The summed E-state index contributed by atoms with van der Waals surface area (Å²) in [5.74, 6) is 0.576. The number of hydrogen-bond donors (Lipinski definition) is 3. The number of rotatable bonds is 4. The number of fused-ring (bicyclic) bond motifs is 1. The molecule has 24 heavy (non-hydrogen) atoms. The lowest BCUT2D eigenvalue weighted by atomic mass is 10.2. The fraction of sp³-hybridized carbons (Fsp3) is 0. The molecular formula is C17H13N5OS. The number of carbonyl (C=O) groups is 1. The number of hydrogen-bond acceptors (Lipinski definition) is 4. The van der Waals surface area contributed by atoms with Gasteiger partial charge in [0.15, 0.2) is 0 Å². The fourth-order valence-corrected chi connectivity index (χ4v) is 3.03. The second-order valence-electron chi connectivity index (χ2n) is 5.09. The SMILES string of the molecule is O=C(/C=C/c1cnc[nH]1)Nc1cccc2[nH]c(-c3cccs3)nc12. The van der Waals surface area contributed by atoms with Crippen LogP contribution in [0.1, 0.15) is 5.69 Å². The van der Waals surface area contributed by atoms with E-state index in [0.717, 1.165) is 27.4 Å². The van der Waals surface area contributed by atoms with Crippen molar-refractivity contribution in [2.45, 2.75) is 0 Å². The summed E-state index contributed by atoms with van der Waals surface area (Å²) in [5.41, 5.74) is 3.06. The standard InChI is InChI=1S/C17H13N5OS/c23-15(7-6-11-9-18-10-19-11)20-12-3-1-4-13-16(12)22-17(21-13)14-5-2-8-24-14/h1-10H,(H,18,19)(H,20,23)(H,21,22)/b7-6+. The Morgan fingerprint density at radius 2 is 2.21 bits per heavy atom. The van der Waals surface area contributed by atoms with Gasteiger partial charge in [0.2, 0.25) is 5.91 Å². The molecule has 0 bridgehead atoms. The number of nitrogens with zero attached hydrogens (tertiary/aromatic N) is 2. The number of H-pyrrole nitrogens is 2. The molecular weight excluding hydrogens is 322 g/mol. The smallest absolute Gasteiger partial charge is 0.248 e. The first-order valence-electron chi connectivity index (χ1n) is 7.29. The molecule has 3 aromatic heterocycles. The molecule has 118 valence electrons. The molecule has 4 aromatic rings. The average Bonchev–Trinajstić information content (AvgIpc) is 3.32. The zero-order chi connectivity index (χ0) is 16.4. The molecule has 1 aromatic carbocycles. The second-order valence-corrected chi connectivity index (χ2v) is 6.04. The van der Waals surface area contributed by atoms with E-state index in [1.165, 1.54) is 6.08 Å². The number of anilines is 1. The van der Waals surface area contributed by atoms with Crippen molar-refractivity contribution in [3.63, 3.8) is 0 Å². The van der Waals surface area contributed by atoms with Gasteiger partial charge in [0, 0.05) is 6.08 Å². The monoisotopic (exact) mass is 335 g/mol. The van der Waals surface area contributed by atoms with Crippen LogP contribution in [0, 0.1) is 0 Å². The van der Waals surface area contributed by atoms with Crippen molar-refractivity contribution < 1.29 is 4.79 Å². The maximum Gasteiger partial charge on any atom is 0.248 e. The lowest BCUT2D eigenvalue weighted by Gasteiger charge is -2.02. The number of thiophene rings is 1. The van der Waals surface area contributed by atoms with E-state index in [2.05, 4.69) is 25.3 Å². The van der Waals surface area contributed by atoms with Crippen molar-refractivity contribution in [3.8, 4) is 10.7 Å². The molecule has 0 radical (unpaired) electrons. The molecule has 0 spiro atoms. The van der Waals surface area contributed by atoms with Crippen molar-refractivity contribution in [2.75, 3.05) is 5.32 Å². The Balaban J connectivity index is 1.61. The molecule has 7 heteroatoms. The van der Waals surface area contributed by atoms with E-state index < -0.39 is 0 Å². The molecule has 0 saturated heterocycles. The summed E-state index contributed by atoms with van der Waals surface area (Å²) < 4.78 is 0. The average molecular weight is 335 g/mol. The maximum absolute atomic E-state index is 12.1. The van der Waals surface area contributed by atoms with Gasteiger partial charge in [-0.1, -0.05) is 12.1 Å². The molecule has 4 rings (SSSR count). The maximum atomic E-state index is 12.1. The van der Waals surface area contributed by atoms with E-state index in [4.69, 9.17) is 0 Å². The van der Waals surface area contributed by atoms with Crippen LogP contribution in [0.4, 0.5) is 5.69 Å². The summed E-state index contributed by atoms with van der Waals surface area (Å²) >= 11 is 1.62. The van der Waals surface area contributed by atoms with Crippen LogP contribution in [0.5, 0.6) is 0 Å². The molecule has 3 N–H and O–H groups in total. The molecule has 1 amide bonds. The van der Waals surface area contributed by atoms with E-state index in [-0.39, 0.29) is 5.91 Å². The highest BCUT2D eigenvalue weighted by Crippen LogP contribution is 2.28. The van der Waals surface area contributed by atoms with Crippen LogP contribution in [0.2, 0.25) is 0 Å². The Bertz CT molecular complexity index is 999. The Kier molecular flexibility index (Phi) is 3.68. The molecule has 3 heterocycles. The molecule has 0 aliphatic carbocycles. The van der Waals surface area contributed by atoms with Gasteiger partial charge in [-0.05, 0) is 29.7 Å². The van der Waals surface area contributed by atoms with Crippen molar-refractivity contribution in [3.05, 3.63) is 60.0 Å². The highest BCUT2D eigenvalue weighted by atomic mass is 32.1. The van der Waals surface area contributed by atoms with Gasteiger partial charge in [-0.3, -0.25) is 4.79 Å². The summed E-state index contributed by atoms with van der Waals surface area (Å²) in [6.45, 7) is 0. The van der Waals surface area contributed by atoms with Crippen LogP contribution in [0.25, 0.3) is 27.8 Å². The van der Waals surface area contributed by atoms with Crippen LogP contribution in [0.3, 0.4) is 0 Å². The van der Waals surface area contributed by atoms with Gasteiger partial charge < -0.3 is 15.3 Å². The first-order valence-corrected chi connectivity index (χ1v) is 8.17. The Hall–Kier alpha value is -3.19. The normalized spacial score (nSPS) is 11.3. The molecule has 6 nitrogen and oxygen atoms in total. The zero-order valence-electron chi connectivity index (χ0n) is 12.5. The third kappa shape index (κ3) is 2.84. The largest absolute Gasteiger partial charge is 0.345 e. The van der Waals surface area contributed by atoms with E-state index in [0.29, 0.717) is 5.69 Å². The third-order valence-electron chi connectivity index (χ3n) is 3.46. The second kappa shape index (κ2) is 6.13. The van der Waals surface area contributed by atoms with Gasteiger partial charge >= 0.3 is 0 Å². The fourth-order valence-electron chi connectivity index (χ4n) is 2.36. The van der Waals surface area contributed by atoms with Crippen LogP contribution in [0.15, 0.2) is 54.3 Å². The minimum absolute atomic E-state index is 0.224. The summed E-state index contributed by atoms with van der Waals surface area (Å²) in [4.78, 5) is 27.9. The van der Waals surface area contributed by atoms with Crippen LogP contribution in [-0.2, 0) is 4.79 Å². The van der Waals surface area contributed by atoms with Gasteiger partial charge in [0.25, 0.3) is 0 Å². The van der Waals surface area contributed by atoms with Crippen molar-refractivity contribution in [1.29, 1.82) is 0 Å². The summed E-state index contributed by atoms with van der Waals surface area (Å²) in [6, 6.07) is 9.65. The van der Waals surface area contributed by atoms with Gasteiger partial charge in [-0.2, -0.15) is 0 Å². The molecule has 0 fully saturated rings. The number of para-hydroxylation sites is 1. The van der Waals surface area contributed by atoms with E-state index in [9.17, 15) is 4.79 Å². The van der Waals surface area contributed by atoms with Crippen LogP contribution in [-0.4, -0.2) is 25.8 Å². The third-order valence-corrected chi connectivity index (χ3v) is 4.34. The number of benzene rings is 1. The van der Waals surface area contributed by atoms with Crippen LogP contribution < -0.4 is 5.32 Å². The highest BCUT2D eigenvalue weighted by Gasteiger charge is 2.10. The summed E-state index contributed by atoms with van der Waals surface area (Å²) in [5, 5.41) is 4.87. The van der Waals surface area contributed by atoms with Gasteiger partial charge in [0.1, 0.15) is 11.3 Å². The Morgan fingerprint density at radius 3 is 3.00 bits per heavy atom. The van der Waals surface area contributed by atoms with E-state index >= 15 is 0 Å². The Morgan fingerprint density at radius 1 is 1.25 bits per heavy atom. The predicted octanol–water partition coefficient (Wildman–Crippen LogP) is 3.67. The predicted molar refractivity (Wildman–Crippen MR) is 95.7 cm³/mol. The minimum Gasteiger partial charge on any atom is -0.345 e. The van der Waals surface area contributed by atoms with Gasteiger partial charge in [0.05, 0.1) is 34.3 Å². The number of carbonyl (C=O) groups excluding carboxylic acids is 1. The topological polar surface area (TPSA) is 86.5 Å². The number of nitrogens with one attached hydrogen (secondary N) is 3. The van der Waals surface area contributed by atoms with Crippen LogP contribution >= 0.6 is 11.3 Å². The number of imidazole rings is 2. The quantitative estimate of drug-likeness (QED) is 0.497. The van der Waals surface area contributed by atoms with Crippen molar-refractivity contribution in [1.82, 2.24) is 19.9 Å². The zero-order valence-corrected chi connectivity index (χ0v) is 13.3. The Labute approximate surface area is 141 Å². The van der Waals surface area contributed by atoms with Crippen molar-refractivity contribution >= 4 is 40.0 Å². The molecule has 0 atom stereocenters. The summed E-state index contributed by atoms with van der Waals surface area (Å²) in [7, 11) is 0. The van der Waals surface area contributed by atoms with E-state index in [1.807, 2.05) is 35.7 Å². The number of amides is 1. The lowest BCUT2D eigenvalue weighted by molar-refractivity contribution is -0.111. The van der Waals surface area contributed by atoms with Crippen molar-refractivity contribution in [2.24, 2.45) is 0 Å². The van der Waals surface area contributed by atoms with Gasteiger partial charge in [-0.25, -0.2) is 9.97 Å². The highest BCUT2D eigenvalue weighted by molar-refractivity contribution is 7.13. The number of aromatic nitrogens is 4. The molecule has 0 aliphatic rings. The molecule has 0 unspecified atom stereocenters. The van der Waals surface area contributed by atoms with Gasteiger partial charge in [-0.15, -0.1) is 11.3 Å². The summed E-state index contributed by atoms with van der Waals surface area (Å²) in [6.07, 6.45) is 6.34. The lowest BCUT2D eigenvalue weighted by Crippen LogP contribution is -2.08. The van der Waals surface area contributed by atoms with E-state index in [1.54, 1.807) is 29.9 Å². The molecule has 0 saturated carbocycles. The number of aromatic amines is 2. The first kappa shape index (κ1) is 14.4. The first-order chi connectivity index (χ1) is 11.8.